The molecule has 1 rings (SSSR count). The number of halogens is 1. The van der Waals surface area contributed by atoms with Crippen LogP contribution in [0.25, 0.3) is 0 Å². The highest BCUT2D eigenvalue weighted by Gasteiger charge is 2.01. The zero-order valence-electron chi connectivity index (χ0n) is 11.7. The molecule has 1 amide bonds. The van der Waals surface area contributed by atoms with Crippen LogP contribution in [-0.2, 0) is 9.53 Å². The molecule has 0 radical (unpaired) electrons. The maximum atomic E-state index is 11.5. The van der Waals surface area contributed by atoms with E-state index >= 15 is 0 Å². The Morgan fingerprint density at radius 2 is 2.10 bits per heavy atom. The van der Waals surface area contributed by atoms with E-state index in [-0.39, 0.29) is 5.91 Å². The van der Waals surface area contributed by atoms with Crippen LogP contribution in [0.15, 0.2) is 28.7 Å². The second kappa shape index (κ2) is 10.7. The lowest BCUT2D eigenvalue weighted by Gasteiger charge is -2.08. The van der Waals surface area contributed by atoms with Gasteiger partial charge in [-0.05, 0) is 18.2 Å². The van der Waals surface area contributed by atoms with E-state index in [1.54, 1.807) is 7.11 Å². The summed E-state index contributed by atoms with van der Waals surface area (Å²) in [7, 11) is 1.66. The number of carbonyl (C=O) groups excluding carboxylic acids is 1. The molecule has 0 atom stereocenters. The maximum absolute atomic E-state index is 11.5. The Balaban J connectivity index is 2.03. The third kappa shape index (κ3) is 8.14. The SMILES string of the molecule is COCCNCCNC(=O)CCOc1cccc(Br)c1. The first-order valence-corrected chi connectivity index (χ1v) is 7.36. The van der Waals surface area contributed by atoms with Gasteiger partial charge in [-0.2, -0.15) is 0 Å². The second-order valence-corrected chi connectivity index (χ2v) is 5.06. The molecular weight excluding hydrogens is 324 g/mol. The molecule has 0 saturated carbocycles. The van der Waals surface area contributed by atoms with Gasteiger partial charge in [0.1, 0.15) is 5.75 Å². The zero-order chi connectivity index (χ0) is 14.6. The van der Waals surface area contributed by atoms with Gasteiger partial charge in [-0.25, -0.2) is 0 Å². The number of hydrogen-bond acceptors (Lipinski definition) is 4. The largest absolute Gasteiger partial charge is 0.493 e. The molecule has 112 valence electrons. The topological polar surface area (TPSA) is 59.6 Å². The van der Waals surface area contributed by atoms with Crippen LogP contribution in [0.3, 0.4) is 0 Å². The molecule has 1 aromatic carbocycles. The Hall–Kier alpha value is -1.11. The van der Waals surface area contributed by atoms with Gasteiger partial charge in [0.15, 0.2) is 0 Å². The molecule has 0 aromatic heterocycles. The van der Waals surface area contributed by atoms with Crippen molar-refractivity contribution in [2.24, 2.45) is 0 Å². The van der Waals surface area contributed by atoms with E-state index in [0.29, 0.717) is 26.2 Å². The van der Waals surface area contributed by atoms with Crippen molar-refractivity contribution in [3.8, 4) is 5.75 Å². The lowest BCUT2D eigenvalue weighted by Crippen LogP contribution is -2.33. The quantitative estimate of drug-likeness (QED) is 0.632. The summed E-state index contributed by atoms with van der Waals surface area (Å²) >= 11 is 3.37. The lowest BCUT2D eigenvalue weighted by molar-refractivity contribution is -0.121. The number of amides is 1. The fourth-order valence-electron chi connectivity index (χ4n) is 1.50. The Labute approximate surface area is 128 Å². The van der Waals surface area contributed by atoms with Crippen LogP contribution in [-0.4, -0.2) is 45.9 Å². The summed E-state index contributed by atoms with van der Waals surface area (Å²) in [5.41, 5.74) is 0. The van der Waals surface area contributed by atoms with Crippen LogP contribution in [0, 0.1) is 0 Å². The van der Waals surface area contributed by atoms with Gasteiger partial charge >= 0.3 is 0 Å². The number of ether oxygens (including phenoxy) is 2. The molecule has 0 spiro atoms. The predicted octanol–water partition coefficient (Wildman–Crippen LogP) is 1.57. The monoisotopic (exact) mass is 344 g/mol. The van der Waals surface area contributed by atoms with Gasteiger partial charge in [0.2, 0.25) is 5.91 Å². The molecule has 6 heteroatoms. The first kappa shape index (κ1) is 16.9. The number of benzene rings is 1. The van der Waals surface area contributed by atoms with E-state index < -0.39 is 0 Å². The van der Waals surface area contributed by atoms with E-state index in [2.05, 4.69) is 26.6 Å². The molecular formula is C14H21BrN2O3. The number of methoxy groups -OCH3 is 1. The van der Waals surface area contributed by atoms with Gasteiger partial charge in [-0.1, -0.05) is 22.0 Å². The van der Waals surface area contributed by atoms with E-state index in [1.165, 1.54) is 0 Å². The molecule has 1 aromatic rings. The molecule has 0 aliphatic rings. The number of hydrogen-bond donors (Lipinski definition) is 2. The Morgan fingerprint density at radius 3 is 2.85 bits per heavy atom. The zero-order valence-corrected chi connectivity index (χ0v) is 13.2. The first-order chi connectivity index (χ1) is 9.72. The molecule has 0 saturated heterocycles. The second-order valence-electron chi connectivity index (χ2n) is 4.15. The molecule has 0 heterocycles. The fourth-order valence-corrected chi connectivity index (χ4v) is 1.87. The highest BCUT2D eigenvalue weighted by atomic mass is 79.9. The van der Waals surface area contributed by atoms with E-state index in [4.69, 9.17) is 9.47 Å². The van der Waals surface area contributed by atoms with Crippen LogP contribution < -0.4 is 15.4 Å². The van der Waals surface area contributed by atoms with Crippen molar-refractivity contribution < 1.29 is 14.3 Å². The molecule has 0 aliphatic heterocycles. The third-order valence-electron chi connectivity index (χ3n) is 2.50. The van der Waals surface area contributed by atoms with E-state index in [1.807, 2.05) is 24.3 Å². The summed E-state index contributed by atoms with van der Waals surface area (Å²) in [4.78, 5) is 11.5. The molecule has 0 aliphatic carbocycles. The number of rotatable bonds is 10. The van der Waals surface area contributed by atoms with Crippen molar-refractivity contribution in [2.75, 3.05) is 40.0 Å². The van der Waals surface area contributed by atoms with Crippen LogP contribution in [0.1, 0.15) is 6.42 Å². The minimum atomic E-state index is -0.00598. The summed E-state index contributed by atoms with van der Waals surface area (Å²) in [6.45, 7) is 3.19. The third-order valence-corrected chi connectivity index (χ3v) is 2.99. The smallest absolute Gasteiger partial charge is 0.223 e. The average Bonchev–Trinajstić information content (AvgIpc) is 2.43. The summed E-state index contributed by atoms with van der Waals surface area (Å²) in [5.74, 6) is 0.752. The number of carbonyl (C=O) groups is 1. The van der Waals surface area contributed by atoms with Crippen LogP contribution in [0.2, 0.25) is 0 Å². The van der Waals surface area contributed by atoms with Gasteiger partial charge < -0.3 is 20.1 Å². The lowest BCUT2D eigenvalue weighted by atomic mass is 10.3. The number of nitrogens with one attached hydrogen (secondary N) is 2. The van der Waals surface area contributed by atoms with Crippen LogP contribution in [0.5, 0.6) is 5.75 Å². The molecule has 0 unspecified atom stereocenters. The Kier molecular flexibility index (Phi) is 9.02. The van der Waals surface area contributed by atoms with Crippen LogP contribution in [0.4, 0.5) is 0 Å². The minimum Gasteiger partial charge on any atom is -0.493 e. The normalized spacial score (nSPS) is 10.3. The molecule has 20 heavy (non-hydrogen) atoms. The van der Waals surface area contributed by atoms with Crippen molar-refractivity contribution >= 4 is 21.8 Å². The molecule has 5 nitrogen and oxygen atoms in total. The predicted molar refractivity (Wildman–Crippen MR) is 82.0 cm³/mol. The average molecular weight is 345 g/mol. The van der Waals surface area contributed by atoms with Crippen LogP contribution >= 0.6 is 15.9 Å². The molecule has 0 bridgehead atoms. The first-order valence-electron chi connectivity index (χ1n) is 6.57. The highest BCUT2D eigenvalue weighted by Crippen LogP contribution is 2.17. The van der Waals surface area contributed by atoms with Crippen molar-refractivity contribution in [1.29, 1.82) is 0 Å². The highest BCUT2D eigenvalue weighted by molar-refractivity contribution is 9.10. The van der Waals surface area contributed by atoms with Crippen molar-refractivity contribution in [2.45, 2.75) is 6.42 Å². The van der Waals surface area contributed by atoms with Crippen molar-refractivity contribution in [3.05, 3.63) is 28.7 Å². The van der Waals surface area contributed by atoms with Crippen molar-refractivity contribution in [3.63, 3.8) is 0 Å². The van der Waals surface area contributed by atoms with Gasteiger partial charge in [0.25, 0.3) is 0 Å². The Morgan fingerprint density at radius 1 is 1.25 bits per heavy atom. The Bertz CT molecular complexity index is 402. The summed E-state index contributed by atoms with van der Waals surface area (Å²) in [5, 5.41) is 5.98. The summed E-state index contributed by atoms with van der Waals surface area (Å²) in [6, 6.07) is 7.56. The maximum Gasteiger partial charge on any atom is 0.223 e. The van der Waals surface area contributed by atoms with Gasteiger partial charge in [-0.3, -0.25) is 4.79 Å². The van der Waals surface area contributed by atoms with E-state index in [9.17, 15) is 4.79 Å². The molecule has 0 fully saturated rings. The van der Waals surface area contributed by atoms with Gasteiger partial charge in [0.05, 0.1) is 19.6 Å². The van der Waals surface area contributed by atoms with Crippen molar-refractivity contribution in [1.82, 2.24) is 10.6 Å². The fraction of sp³-hybridized carbons (Fsp3) is 0.500. The van der Waals surface area contributed by atoms with Gasteiger partial charge in [-0.15, -0.1) is 0 Å². The summed E-state index contributed by atoms with van der Waals surface area (Å²) < 4.78 is 11.4. The standard InChI is InChI=1S/C14H21BrN2O3/c1-19-10-8-16-6-7-17-14(18)5-9-20-13-4-2-3-12(15)11-13/h2-4,11,16H,5-10H2,1H3,(H,17,18). The molecule has 2 N–H and O–H groups in total. The van der Waals surface area contributed by atoms with Gasteiger partial charge in [0, 0.05) is 31.2 Å². The van der Waals surface area contributed by atoms with E-state index in [0.717, 1.165) is 23.3 Å². The summed E-state index contributed by atoms with van der Waals surface area (Å²) in [6.07, 6.45) is 0.352. The minimum absolute atomic E-state index is 0.00598.